The summed E-state index contributed by atoms with van der Waals surface area (Å²) in [5, 5.41) is 0. The molecular formula is C26H50O2. The molecule has 0 radical (unpaired) electrons. The van der Waals surface area contributed by atoms with Gasteiger partial charge < -0.3 is 4.74 Å². The van der Waals surface area contributed by atoms with Gasteiger partial charge in [0.15, 0.2) is 0 Å². The lowest BCUT2D eigenvalue weighted by molar-refractivity contribution is -0.140. The predicted octanol–water partition coefficient (Wildman–Crippen LogP) is 8.78. The summed E-state index contributed by atoms with van der Waals surface area (Å²) in [6.45, 7) is 10.5. The molecule has 0 rings (SSSR count). The normalized spacial score (nSPS) is 11.1. The first-order valence-corrected chi connectivity index (χ1v) is 12.4. The lowest BCUT2D eigenvalue weighted by atomic mass is 9.94. The number of rotatable bonds is 21. The molecule has 0 atom stereocenters. The first-order valence-electron chi connectivity index (χ1n) is 12.4. The van der Waals surface area contributed by atoms with Crippen LogP contribution >= 0.6 is 0 Å². The van der Waals surface area contributed by atoms with E-state index in [4.69, 9.17) is 4.74 Å². The SMILES string of the molecule is C=C(C)C(=O)OCC(CCCCCCCCCC)CCCCCCCCCC. The van der Waals surface area contributed by atoms with Gasteiger partial charge in [0.25, 0.3) is 0 Å². The largest absolute Gasteiger partial charge is 0.462 e. The summed E-state index contributed by atoms with van der Waals surface area (Å²) in [6, 6.07) is 0. The van der Waals surface area contributed by atoms with Gasteiger partial charge in [0.2, 0.25) is 0 Å². The summed E-state index contributed by atoms with van der Waals surface area (Å²) < 4.78 is 5.47. The third kappa shape index (κ3) is 18.6. The Bertz CT molecular complexity index is 341. The molecule has 0 aliphatic carbocycles. The van der Waals surface area contributed by atoms with Crippen molar-refractivity contribution in [3.8, 4) is 0 Å². The van der Waals surface area contributed by atoms with Crippen molar-refractivity contribution in [2.24, 2.45) is 5.92 Å². The van der Waals surface area contributed by atoms with Crippen molar-refractivity contribution in [2.45, 2.75) is 136 Å². The van der Waals surface area contributed by atoms with Crippen molar-refractivity contribution in [2.75, 3.05) is 6.61 Å². The third-order valence-electron chi connectivity index (χ3n) is 5.73. The van der Waals surface area contributed by atoms with Gasteiger partial charge in [-0.3, -0.25) is 0 Å². The summed E-state index contributed by atoms with van der Waals surface area (Å²) >= 11 is 0. The van der Waals surface area contributed by atoms with Crippen molar-refractivity contribution in [1.82, 2.24) is 0 Å². The molecule has 0 saturated heterocycles. The summed E-state index contributed by atoms with van der Waals surface area (Å²) in [6.07, 6.45) is 24.1. The van der Waals surface area contributed by atoms with E-state index in [9.17, 15) is 4.79 Å². The van der Waals surface area contributed by atoms with Crippen molar-refractivity contribution in [1.29, 1.82) is 0 Å². The zero-order valence-corrected chi connectivity index (χ0v) is 19.5. The number of unbranched alkanes of at least 4 members (excludes halogenated alkanes) is 14. The average molecular weight is 395 g/mol. The van der Waals surface area contributed by atoms with Crippen LogP contribution in [0, 0.1) is 5.92 Å². The molecule has 0 aliphatic rings. The maximum absolute atomic E-state index is 11.7. The van der Waals surface area contributed by atoms with Crippen LogP contribution in [0.15, 0.2) is 12.2 Å². The van der Waals surface area contributed by atoms with E-state index in [-0.39, 0.29) is 5.97 Å². The summed E-state index contributed by atoms with van der Waals surface area (Å²) in [5.74, 6) is 0.306. The van der Waals surface area contributed by atoms with Crippen LogP contribution in [0.3, 0.4) is 0 Å². The Morgan fingerprint density at radius 2 is 1.04 bits per heavy atom. The van der Waals surface area contributed by atoms with E-state index in [2.05, 4.69) is 20.4 Å². The van der Waals surface area contributed by atoms with E-state index in [1.165, 1.54) is 116 Å². The van der Waals surface area contributed by atoms with Gasteiger partial charge in [-0.1, -0.05) is 123 Å². The Balaban J connectivity index is 3.91. The van der Waals surface area contributed by atoms with Gasteiger partial charge in [-0.05, 0) is 25.7 Å². The maximum Gasteiger partial charge on any atom is 0.333 e. The number of carbonyl (C=O) groups excluding carboxylic acids is 1. The fourth-order valence-electron chi connectivity index (χ4n) is 3.76. The number of ether oxygens (including phenoxy) is 1. The van der Waals surface area contributed by atoms with Gasteiger partial charge >= 0.3 is 5.97 Å². The van der Waals surface area contributed by atoms with Crippen LogP contribution in [0.2, 0.25) is 0 Å². The molecule has 0 unspecified atom stereocenters. The highest BCUT2D eigenvalue weighted by Gasteiger charge is 2.12. The zero-order chi connectivity index (χ0) is 20.9. The molecular weight excluding hydrogens is 344 g/mol. The van der Waals surface area contributed by atoms with Crippen LogP contribution in [0.25, 0.3) is 0 Å². The molecule has 0 aromatic rings. The second kappa shape index (κ2) is 20.9. The number of esters is 1. The molecule has 0 aromatic carbocycles. The van der Waals surface area contributed by atoms with Gasteiger partial charge in [0.05, 0.1) is 6.61 Å². The van der Waals surface area contributed by atoms with E-state index in [0.29, 0.717) is 18.1 Å². The van der Waals surface area contributed by atoms with E-state index in [1.54, 1.807) is 6.92 Å². The lowest BCUT2D eigenvalue weighted by Gasteiger charge is -2.17. The molecule has 0 fully saturated rings. The molecule has 0 N–H and O–H groups in total. The Labute approximate surface area is 176 Å². The molecule has 0 aliphatic heterocycles. The van der Waals surface area contributed by atoms with Crippen LogP contribution in [-0.2, 0) is 9.53 Å². The van der Waals surface area contributed by atoms with Crippen LogP contribution < -0.4 is 0 Å². The van der Waals surface area contributed by atoms with Crippen molar-refractivity contribution >= 4 is 5.97 Å². The lowest BCUT2D eigenvalue weighted by Crippen LogP contribution is -2.15. The highest BCUT2D eigenvalue weighted by atomic mass is 16.5. The van der Waals surface area contributed by atoms with E-state index in [0.717, 1.165) is 0 Å². The molecule has 166 valence electrons. The van der Waals surface area contributed by atoms with Gasteiger partial charge in [0, 0.05) is 5.57 Å². The van der Waals surface area contributed by atoms with Crippen LogP contribution in [-0.4, -0.2) is 12.6 Å². The zero-order valence-electron chi connectivity index (χ0n) is 19.5. The van der Waals surface area contributed by atoms with Crippen LogP contribution in [0.5, 0.6) is 0 Å². The van der Waals surface area contributed by atoms with Crippen LogP contribution in [0.1, 0.15) is 136 Å². The highest BCUT2D eigenvalue weighted by Crippen LogP contribution is 2.20. The first-order chi connectivity index (χ1) is 13.6. The fraction of sp³-hybridized carbons (Fsp3) is 0.885. The number of hydrogen-bond acceptors (Lipinski definition) is 2. The van der Waals surface area contributed by atoms with Gasteiger partial charge in [0.1, 0.15) is 0 Å². The summed E-state index contributed by atoms with van der Waals surface area (Å²) in [4.78, 5) is 11.7. The maximum atomic E-state index is 11.7. The molecule has 0 amide bonds. The minimum absolute atomic E-state index is 0.225. The Kier molecular flexibility index (Phi) is 20.3. The number of hydrogen-bond donors (Lipinski definition) is 0. The minimum Gasteiger partial charge on any atom is -0.462 e. The van der Waals surface area contributed by atoms with E-state index in [1.807, 2.05) is 0 Å². The van der Waals surface area contributed by atoms with E-state index >= 15 is 0 Å². The third-order valence-corrected chi connectivity index (χ3v) is 5.73. The molecule has 2 nitrogen and oxygen atoms in total. The molecule has 0 bridgehead atoms. The Morgan fingerprint density at radius 3 is 1.39 bits per heavy atom. The molecule has 0 spiro atoms. The highest BCUT2D eigenvalue weighted by molar-refractivity contribution is 5.86. The quantitative estimate of drug-likeness (QED) is 0.110. The molecule has 0 aromatic heterocycles. The fourth-order valence-corrected chi connectivity index (χ4v) is 3.76. The average Bonchev–Trinajstić information content (AvgIpc) is 2.68. The second-order valence-corrected chi connectivity index (χ2v) is 8.77. The smallest absolute Gasteiger partial charge is 0.333 e. The monoisotopic (exact) mass is 394 g/mol. The molecule has 28 heavy (non-hydrogen) atoms. The topological polar surface area (TPSA) is 26.3 Å². The van der Waals surface area contributed by atoms with Crippen molar-refractivity contribution in [3.63, 3.8) is 0 Å². The molecule has 0 heterocycles. The van der Waals surface area contributed by atoms with E-state index < -0.39 is 0 Å². The summed E-state index contributed by atoms with van der Waals surface area (Å²) in [7, 11) is 0. The van der Waals surface area contributed by atoms with Gasteiger partial charge in [-0.25, -0.2) is 4.79 Å². The molecule has 2 heteroatoms. The van der Waals surface area contributed by atoms with Crippen LogP contribution in [0.4, 0.5) is 0 Å². The minimum atomic E-state index is -0.225. The van der Waals surface area contributed by atoms with Gasteiger partial charge in [-0.15, -0.1) is 0 Å². The second-order valence-electron chi connectivity index (χ2n) is 8.77. The molecule has 0 saturated carbocycles. The predicted molar refractivity (Wildman–Crippen MR) is 124 cm³/mol. The Hall–Kier alpha value is -0.790. The van der Waals surface area contributed by atoms with Crippen molar-refractivity contribution in [3.05, 3.63) is 12.2 Å². The first kappa shape index (κ1) is 27.2. The number of carbonyl (C=O) groups is 1. The van der Waals surface area contributed by atoms with Crippen molar-refractivity contribution < 1.29 is 9.53 Å². The standard InChI is InChI=1S/C26H50O2/c1-5-7-9-11-13-15-17-19-21-25(23-28-26(27)24(3)4)22-20-18-16-14-12-10-8-6-2/h25H,3,5-23H2,1-2,4H3. The van der Waals surface area contributed by atoms with Gasteiger partial charge in [-0.2, -0.15) is 0 Å². The Morgan fingerprint density at radius 1 is 0.679 bits per heavy atom. The summed E-state index contributed by atoms with van der Waals surface area (Å²) in [5.41, 5.74) is 0.512.